The van der Waals surface area contributed by atoms with Crippen molar-refractivity contribution in [2.24, 2.45) is 11.8 Å². The Labute approximate surface area is 86.2 Å². The lowest BCUT2D eigenvalue weighted by atomic mass is 9.94. The molecule has 0 radical (unpaired) electrons. The molecule has 3 nitrogen and oxygen atoms in total. The molecule has 0 rings (SSSR count). The molecule has 2 atom stereocenters. The van der Waals surface area contributed by atoms with Crippen molar-refractivity contribution in [3.05, 3.63) is 12.2 Å². The van der Waals surface area contributed by atoms with Gasteiger partial charge in [-0.2, -0.15) is 0 Å². The Morgan fingerprint density at radius 3 is 2.43 bits per heavy atom. The topological polar surface area (TPSA) is 49.3 Å². The van der Waals surface area contributed by atoms with Crippen LogP contribution in [0.1, 0.15) is 27.7 Å². The van der Waals surface area contributed by atoms with Gasteiger partial charge in [-0.05, 0) is 18.9 Å². The number of carbonyl (C=O) groups excluding carboxylic acids is 1. The quantitative estimate of drug-likeness (QED) is 0.656. The molecule has 0 fully saturated rings. The maximum Gasteiger partial charge on any atom is 0.243 e. The second-order valence-corrected chi connectivity index (χ2v) is 3.85. The van der Waals surface area contributed by atoms with Crippen LogP contribution in [0.2, 0.25) is 0 Å². The van der Waals surface area contributed by atoms with E-state index in [-0.39, 0.29) is 23.8 Å². The molecule has 2 N–H and O–H groups in total. The standard InChI is InChI=1S/C11H21NO2/c1-5-12-10(13)7-6-9(4)11(14)8(2)3/h6-9,11,14H,5H2,1-4H3,(H,12,13)/b7-6+/t9-,11-/m1/s1. The SMILES string of the molecule is CCNC(=O)/C=C/[C@@H](C)[C@H](O)C(C)C. The molecule has 82 valence electrons. The van der Waals surface area contributed by atoms with E-state index in [0.29, 0.717) is 6.54 Å². The molecule has 0 aromatic heterocycles. The summed E-state index contributed by atoms with van der Waals surface area (Å²) in [5, 5.41) is 12.3. The predicted molar refractivity (Wildman–Crippen MR) is 57.8 cm³/mol. The molecule has 0 bridgehead atoms. The number of hydrogen-bond acceptors (Lipinski definition) is 2. The maximum absolute atomic E-state index is 11.1. The van der Waals surface area contributed by atoms with Crippen LogP contribution < -0.4 is 5.32 Å². The first kappa shape index (κ1) is 13.2. The summed E-state index contributed by atoms with van der Waals surface area (Å²) >= 11 is 0. The maximum atomic E-state index is 11.1. The summed E-state index contributed by atoms with van der Waals surface area (Å²) in [6, 6.07) is 0. The van der Waals surface area contributed by atoms with Crippen LogP contribution in [0, 0.1) is 11.8 Å². The van der Waals surface area contributed by atoms with Crippen LogP contribution >= 0.6 is 0 Å². The van der Waals surface area contributed by atoms with E-state index < -0.39 is 0 Å². The van der Waals surface area contributed by atoms with Crippen molar-refractivity contribution in [1.82, 2.24) is 5.32 Å². The highest BCUT2D eigenvalue weighted by Crippen LogP contribution is 2.13. The average molecular weight is 199 g/mol. The van der Waals surface area contributed by atoms with Gasteiger partial charge >= 0.3 is 0 Å². The largest absolute Gasteiger partial charge is 0.392 e. The molecule has 0 aliphatic carbocycles. The molecule has 0 saturated heterocycles. The van der Waals surface area contributed by atoms with Crippen LogP contribution in [0.4, 0.5) is 0 Å². The van der Waals surface area contributed by atoms with Crippen molar-refractivity contribution in [2.45, 2.75) is 33.8 Å². The van der Waals surface area contributed by atoms with Gasteiger partial charge in [0.1, 0.15) is 0 Å². The Kier molecular flexibility index (Phi) is 6.21. The Morgan fingerprint density at radius 1 is 1.43 bits per heavy atom. The third kappa shape index (κ3) is 5.02. The van der Waals surface area contributed by atoms with Gasteiger partial charge in [0.05, 0.1) is 6.10 Å². The summed E-state index contributed by atoms with van der Waals surface area (Å²) in [6.45, 7) is 8.32. The first-order chi connectivity index (χ1) is 6.49. The molecule has 0 aliphatic rings. The second-order valence-electron chi connectivity index (χ2n) is 3.85. The summed E-state index contributed by atoms with van der Waals surface area (Å²) in [4.78, 5) is 11.1. The number of rotatable bonds is 5. The van der Waals surface area contributed by atoms with Crippen molar-refractivity contribution in [3.63, 3.8) is 0 Å². The predicted octanol–water partition coefficient (Wildman–Crippen LogP) is 1.33. The normalized spacial score (nSPS) is 15.9. The molecule has 0 heterocycles. The van der Waals surface area contributed by atoms with E-state index in [9.17, 15) is 9.90 Å². The molecule has 0 unspecified atom stereocenters. The van der Waals surface area contributed by atoms with Gasteiger partial charge < -0.3 is 10.4 Å². The highest BCUT2D eigenvalue weighted by Gasteiger charge is 2.14. The number of aliphatic hydroxyl groups excluding tert-OH is 1. The molecule has 14 heavy (non-hydrogen) atoms. The molecule has 0 aliphatic heterocycles. The van der Waals surface area contributed by atoms with E-state index in [4.69, 9.17) is 0 Å². The van der Waals surface area contributed by atoms with E-state index in [1.54, 1.807) is 6.08 Å². The zero-order valence-corrected chi connectivity index (χ0v) is 9.45. The van der Waals surface area contributed by atoms with E-state index in [0.717, 1.165) is 0 Å². The first-order valence-electron chi connectivity index (χ1n) is 5.13. The average Bonchev–Trinajstić information content (AvgIpc) is 2.13. The lowest BCUT2D eigenvalue weighted by molar-refractivity contribution is -0.116. The molecule has 0 spiro atoms. The minimum Gasteiger partial charge on any atom is -0.392 e. The van der Waals surface area contributed by atoms with Crippen molar-refractivity contribution in [1.29, 1.82) is 0 Å². The van der Waals surface area contributed by atoms with Crippen molar-refractivity contribution in [2.75, 3.05) is 6.54 Å². The van der Waals surface area contributed by atoms with Crippen molar-refractivity contribution >= 4 is 5.91 Å². The Hall–Kier alpha value is -0.830. The van der Waals surface area contributed by atoms with Crippen molar-refractivity contribution < 1.29 is 9.90 Å². The second kappa shape index (κ2) is 6.60. The van der Waals surface area contributed by atoms with Gasteiger partial charge in [0.15, 0.2) is 0 Å². The molecular weight excluding hydrogens is 178 g/mol. The van der Waals surface area contributed by atoms with E-state index in [1.165, 1.54) is 6.08 Å². The van der Waals surface area contributed by atoms with Crippen LogP contribution in [0.5, 0.6) is 0 Å². The van der Waals surface area contributed by atoms with E-state index in [1.807, 2.05) is 27.7 Å². The van der Waals surface area contributed by atoms with Crippen LogP contribution in [-0.2, 0) is 4.79 Å². The molecule has 0 aromatic carbocycles. The van der Waals surface area contributed by atoms with Gasteiger partial charge in [-0.3, -0.25) is 4.79 Å². The van der Waals surface area contributed by atoms with Gasteiger partial charge in [0.2, 0.25) is 5.91 Å². The van der Waals surface area contributed by atoms with Crippen molar-refractivity contribution in [3.8, 4) is 0 Å². The summed E-state index contributed by atoms with van der Waals surface area (Å²) in [5.74, 6) is 0.122. The van der Waals surface area contributed by atoms with E-state index >= 15 is 0 Å². The van der Waals surface area contributed by atoms with Crippen LogP contribution in [0.15, 0.2) is 12.2 Å². The van der Waals surface area contributed by atoms with Gasteiger partial charge in [0, 0.05) is 12.5 Å². The lowest BCUT2D eigenvalue weighted by Gasteiger charge is -2.18. The molecular formula is C11H21NO2. The fourth-order valence-electron chi connectivity index (χ4n) is 1.19. The van der Waals surface area contributed by atoms with Crippen LogP contribution in [0.3, 0.4) is 0 Å². The number of amides is 1. The fraction of sp³-hybridized carbons (Fsp3) is 0.727. The number of hydrogen-bond donors (Lipinski definition) is 2. The highest BCUT2D eigenvalue weighted by atomic mass is 16.3. The number of likely N-dealkylation sites (N-methyl/N-ethyl adjacent to an activating group) is 1. The summed E-state index contributed by atoms with van der Waals surface area (Å²) < 4.78 is 0. The number of aliphatic hydroxyl groups is 1. The minimum absolute atomic E-state index is 0.0117. The van der Waals surface area contributed by atoms with Crippen LogP contribution in [-0.4, -0.2) is 23.7 Å². The van der Waals surface area contributed by atoms with Gasteiger partial charge in [-0.25, -0.2) is 0 Å². The fourth-order valence-corrected chi connectivity index (χ4v) is 1.19. The Balaban J connectivity index is 4.04. The summed E-state index contributed by atoms with van der Waals surface area (Å²) in [6.07, 6.45) is 2.84. The Morgan fingerprint density at radius 2 is 2.00 bits per heavy atom. The summed E-state index contributed by atoms with van der Waals surface area (Å²) in [5.41, 5.74) is 0. The molecule has 1 amide bonds. The minimum atomic E-state index is -0.388. The number of nitrogens with one attached hydrogen (secondary N) is 1. The number of carbonyl (C=O) groups is 1. The third-order valence-corrected chi connectivity index (χ3v) is 2.12. The van der Waals surface area contributed by atoms with Gasteiger partial charge in [-0.1, -0.05) is 26.8 Å². The Bertz CT molecular complexity index is 199. The molecule has 3 heteroatoms. The smallest absolute Gasteiger partial charge is 0.243 e. The highest BCUT2D eigenvalue weighted by molar-refractivity contribution is 5.87. The van der Waals surface area contributed by atoms with Gasteiger partial charge in [0.25, 0.3) is 0 Å². The molecule has 0 saturated carbocycles. The monoisotopic (exact) mass is 199 g/mol. The summed E-state index contributed by atoms with van der Waals surface area (Å²) in [7, 11) is 0. The lowest BCUT2D eigenvalue weighted by Crippen LogP contribution is -2.24. The first-order valence-corrected chi connectivity index (χ1v) is 5.13. The van der Waals surface area contributed by atoms with E-state index in [2.05, 4.69) is 5.32 Å². The zero-order chi connectivity index (χ0) is 11.1. The van der Waals surface area contributed by atoms with Crippen LogP contribution in [0.25, 0.3) is 0 Å². The third-order valence-electron chi connectivity index (χ3n) is 2.12. The van der Waals surface area contributed by atoms with Gasteiger partial charge in [-0.15, -0.1) is 0 Å². The zero-order valence-electron chi connectivity index (χ0n) is 9.45. The molecule has 0 aromatic rings.